The Kier molecular flexibility index (Phi) is 6.37. The summed E-state index contributed by atoms with van der Waals surface area (Å²) in [5.41, 5.74) is 5.84. The van der Waals surface area contributed by atoms with Crippen molar-refractivity contribution >= 4 is 10.9 Å². The highest BCUT2D eigenvalue weighted by atomic mass is 19.1. The molecule has 0 amide bonds. The van der Waals surface area contributed by atoms with Crippen molar-refractivity contribution < 1.29 is 4.39 Å². The second kappa shape index (κ2) is 9.55. The molecule has 1 aromatic heterocycles. The molecule has 1 saturated heterocycles. The van der Waals surface area contributed by atoms with E-state index in [4.69, 9.17) is 0 Å². The highest BCUT2D eigenvalue weighted by molar-refractivity contribution is 5.82. The number of hydrogen-bond donors (Lipinski definition) is 1. The molecule has 5 rings (SSSR count). The molecule has 0 radical (unpaired) electrons. The maximum atomic E-state index is 13.5. The van der Waals surface area contributed by atoms with Crippen LogP contribution < -0.4 is 10.9 Å². The van der Waals surface area contributed by atoms with Gasteiger partial charge < -0.3 is 14.8 Å². The van der Waals surface area contributed by atoms with Gasteiger partial charge in [0, 0.05) is 31.7 Å². The fourth-order valence-corrected chi connectivity index (χ4v) is 5.23. The van der Waals surface area contributed by atoms with E-state index in [2.05, 4.69) is 28.4 Å². The lowest BCUT2D eigenvalue weighted by Crippen LogP contribution is -2.36. The first-order valence-corrected chi connectivity index (χ1v) is 12.0. The van der Waals surface area contributed by atoms with E-state index in [0.717, 1.165) is 55.7 Å². The Balaban J connectivity index is 1.41. The zero-order valence-corrected chi connectivity index (χ0v) is 18.7. The van der Waals surface area contributed by atoms with Gasteiger partial charge in [-0.3, -0.25) is 4.79 Å². The Morgan fingerprint density at radius 2 is 1.59 bits per heavy atom. The smallest absolute Gasteiger partial charge is 0.255 e. The average Bonchev–Trinajstić information content (AvgIpc) is 3.27. The van der Waals surface area contributed by atoms with Crippen molar-refractivity contribution in [3.05, 3.63) is 80.9 Å². The number of nitrogens with one attached hydrogen (secondary N) is 1. The number of likely N-dealkylation sites (tertiary alicyclic amines) is 1. The minimum atomic E-state index is -0.229. The van der Waals surface area contributed by atoms with Gasteiger partial charge in [-0.15, -0.1) is 0 Å². The van der Waals surface area contributed by atoms with E-state index in [1.165, 1.54) is 54.3 Å². The van der Waals surface area contributed by atoms with Crippen molar-refractivity contribution in [1.29, 1.82) is 0 Å². The van der Waals surface area contributed by atoms with E-state index >= 15 is 0 Å². The maximum Gasteiger partial charge on any atom is 0.255 e. The zero-order chi connectivity index (χ0) is 21.9. The summed E-state index contributed by atoms with van der Waals surface area (Å²) in [6.45, 7) is 5.06. The van der Waals surface area contributed by atoms with Gasteiger partial charge in [0.15, 0.2) is 0 Å². The van der Waals surface area contributed by atoms with Crippen LogP contribution >= 0.6 is 0 Å². The number of piperidine rings is 1. The highest BCUT2D eigenvalue weighted by Gasteiger charge is 2.17. The van der Waals surface area contributed by atoms with E-state index in [1.807, 2.05) is 4.57 Å². The van der Waals surface area contributed by atoms with Crippen LogP contribution in [0.25, 0.3) is 10.9 Å². The van der Waals surface area contributed by atoms with Crippen molar-refractivity contribution in [2.75, 3.05) is 19.6 Å². The van der Waals surface area contributed by atoms with Crippen LogP contribution in [0, 0.1) is 5.82 Å². The fraction of sp³-hybridized carbons (Fsp3) is 0.444. The lowest BCUT2D eigenvalue weighted by molar-refractivity contribution is 0.221. The Morgan fingerprint density at radius 3 is 2.38 bits per heavy atom. The molecule has 1 fully saturated rings. The van der Waals surface area contributed by atoms with Crippen LogP contribution in [-0.2, 0) is 32.5 Å². The molecule has 2 heterocycles. The molecule has 32 heavy (non-hydrogen) atoms. The van der Waals surface area contributed by atoms with Crippen molar-refractivity contribution in [2.45, 2.75) is 58.2 Å². The lowest BCUT2D eigenvalue weighted by Gasteiger charge is -2.27. The maximum absolute atomic E-state index is 13.5. The summed E-state index contributed by atoms with van der Waals surface area (Å²) in [6, 6.07) is 13.2. The van der Waals surface area contributed by atoms with E-state index < -0.39 is 0 Å². The molecule has 0 spiro atoms. The fourth-order valence-electron chi connectivity index (χ4n) is 5.23. The number of benzene rings is 2. The molecule has 2 aromatic carbocycles. The standard InChI is InChI=1S/C27H32FN3O/c28-25-9-7-20(8-10-25)18-29-19-24-16-23-15-21-5-4-6-22(21)17-26(23)31(27(24)32)14-13-30-11-2-1-3-12-30/h7-10,15-17,29H,1-6,11-14,18-19H2. The Labute approximate surface area is 189 Å². The largest absolute Gasteiger partial charge is 0.308 e. The lowest BCUT2D eigenvalue weighted by atomic mass is 10.0. The first-order valence-electron chi connectivity index (χ1n) is 12.0. The van der Waals surface area contributed by atoms with Crippen molar-refractivity contribution in [2.24, 2.45) is 0 Å². The van der Waals surface area contributed by atoms with Gasteiger partial charge in [-0.1, -0.05) is 18.6 Å². The minimum absolute atomic E-state index is 0.110. The monoisotopic (exact) mass is 433 g/mol. The molecule has 5 heteroatoms. The number of fused-ring (bicyclic) bond motifs is 2. The Hall–Kier alpha value is -2.50. The van der Waals surface area contributed by atoms with Gasteiger partial charge >= 0.3 is 0 Å². The van der Waals surface area contributed by atoms with E-state index in [9.17, 15) is 9.18 Å². The van der Waals surface area contributed by atoms with Gasteiger partial charge in [0.05, 0.1) is 5.52 Å². The van der Waals surface area contributed by atoms with E-state index in [-0.39, 0.29) is 11.4 Å². The van der Waals surface area contributed by atoms with Gasteiger partial charge in [0.1, 0.15) is 5.82 Å². The molecule has 0 unspecified atom stereocenters. The molecular formula is C27H32FN3O. The number of aryl methyl sites for hydroxylation is 2. The molecule has 1 aliphatic carbocycles. The minimum Gasteiger partial charge on any atom is -0.308 e. The first kappa shape index (κ1) is 21.4. The molecular weight excluding hydrogens is 401 g/mol. The van der Waals surface area contributed by atoms with Crippen molar-refractivity contribution in [1.82, 2.24) is 14.8 Å². The molecule has 2 aliphatic rings. The highest BCUT2D eigenvalue weighted by Crippen LogP contribution is 2.27. The molecule has 4 nitrogen and oxygen atoms in total. The van der Waals surface area contributed by atoms with Crippen LogP contribution in [0.2, 0.25) is 0 Å². The number of halogens is 1. The van der Waals surface area contributed by atoms with E-state index in [1.54, 1.807) is 12.1 Å². The van der Waals surface area contributed by atoms with Crippen molar-refractivity contribution in [3.63, 3.8) is 0 Å². The van der Waals surface area contributed by atoms with Gasteiger partial charge in [0.2, 0.25) is 0 Å². The summed E-state index contributed by atoms with van der Waals surface area (Å²) in [5.74, 6) is -0.229. The van der Waals surface area contributed by atoms with Crippen LogP contribution in [-0.4, -0.2) is 29.1 Å². The zero-order valence-electron chi connectivity index (χ0n) is 18.7. The number of hydrogen-bond acceptors (Lipinski definition) is 3. The SMILES string of the molecule is O=c1c(CNCc2ccc(F)cc2)cc2cc3c(cc2n1CCN1CCCCC1)CCC3. The second-order valence-corrected chi connectivity index (χ2v) is 9.29. The third-order valence-electron chi connectivity index (χ3n) is 7.03. The summed E-state index contributed by atoms with van der Waals surface area (Å²) < 4.78 is 15.2. The van der Waals surface area contributed by atoms with Crippen LogP contribution in [0.4, 0.5) is 4.39 Å². The number of aromatic nitrogens is 1. The number of pyridine rings is 1. The number of nitrogens with zero attached hydrogens (tertiary/aromatic N) is 2. The molecule has 1 aliphatic heterocycles. The molecule has 168 valence electrons. The molecule has 1 N–H and O–H groups in total. The third kappa shape index (κ3) is 4.64. The Morgan fingerprint density at radius 1 is 0.844 bits per heavy atom. The van der Waals surface area contributed by atoms with Gasteiger partial charge in [-0.25, -0.2) is 4.39 Å². The first-order chi connectivity index (χ1) is 15.7. The average molecular weight is 434 g/mol. The van der Waals surface area contributed by atoms with Crippen LogP contribution in [0.15, 0.2) is 47.3 Å². The topological polar surface area (TPSA) is 37.3 Å². The normalized spacial score (nSPS) is 16.5. The van der Waals surface area contributed by atoms with Gasteiger partial charge in [-0.2, -0.15) is 0 Å². The predicted molar refractivity (Wildman–Crippen MR) is 127 cm³/mol. The summed E-state index contributed by atoms with van der Waals surface area (Å²) in [5, 5.41) is 4.55. The van der Waals surface area contributed by atoms with E-state index in [0.29, 0.717) is 13.1 Å². The van der Waals surface area contributed by atoms with Gasteiger partial charge in [0.25, 0.3) is 5.56 Å². The third-order valence-corrected chi connectivity index (χ3v) is 7.03. The summed E-state index contributed by atoms with van der Waals surface area (Å²) in [7, 11) is 0. The van der Waals surface area contributed by atoms with Crippen LogP contribution in [0.5, 0.6) is 0 Å². The summed E-state index contributed by atoms with van der Waals surface area (Å²) >= 11 is 0. The van der Waals surface area contributed by atoms with Crippen LogP contribution in [0.3, 0.4) is 0 Å². The van der Waals surface area contributed by atoms with Gasteiger partial charge in [-0.05, 0) is 97.6 Å². The molecule has 0 bridgehead atoms. The summed E-state index contributed by atoms with van der Waals surface area (Å²) in [4.78, 5) is 16.0. The molecule has 3 aromatic rings. The molecule has 0 saturated carbocycles. The molecule has 0 atom stereocenters. The van der Waals surface area contributed by atoms with Crippen molar-refractivity contribution in [3.8, 4) is 0 Å². The quantitative estimate of drug-likeness (QED) is 0.600. The summed E-state index contributed by atoms with van der Waals surface area (Å²) in [6.07, 6.45) is 7.30. The number of rotatable bonds is 7. The van der Waals surface area contributed by atoms with Crippen LogP contribution in [0.1, 0.15) is 47.9 Å². The predicted octanol–water partition coefficient (Wildman–Crippen LogP) is 4.41. The Bertz CT molecular complexity index is 1150. The second-order valence-electron chi connectivity index (χ2n) is 9.29.